The van der Waals surface area contributed by atoms with E-state index in [9.17, 15) is 9.59 Å². The monoisotopic (exact) mass is 402 g/mol. The Bertz CT molecular complexity index is 939. The van der Waals surface area contributed by atoms with Gasteiger partial charge in [-0.25, -0.2) is 4.98 Å². The predicted octanol–water partition coefficient (Wildman–Crippen LogP) is 4.67. The number of aromatic nitrogens is 2. The van der Waals surface area contributed by atoms with Crippen LogP contribution >= 0.6 is 22.7 Å². The number of ketones is 1. The molecule has 0 aromatic carbocycles. The Morgan fingerprint density at radius 3 is 2.78 bits per heavy atom. The number of thiophene rings is 1. The minimum atomic E-state index is -0.436. The van der Waals surface area contributed by atoms with Crippen molar-refractivity contribution in [1.82, 2.24) is 9.55 Å². The van der Waals surface area contributed by atoms with Gasteiger partial charge in [0, 0.05) is 28.9 Å². The first kappa shape index (κ1) is 19.5. The van der Waals surface area contributed by atoms with Crippen molar-refractivity contribution in [3.05, 3.63) is 51.6 Å². The summed E-state index contributed by atoms with van der Waals surface area (Å²) in [5.41, 5.74) is 3.27. The molecule has 0 spiro atoms. The molecule has 7 heteroatoms. The minimum Gasteiger partial charge on any atom is -0.457 e. The van der Waals surface area contributed by atoms with Gasteiger partial charge in [-0.15, -0.1) is 22.7 Å². The molecule has 0 saturated carbocycles. The van der Waals surface area contributed by atoms with E-state index >= 15 is 0 Å². The molecule has 0 bridgehead atoms. The summed E-state index contributed by atoms with van der Waals surface area (Å²) in [4.78, 5) is 30.1. The molecule has 142 valence electrons. The number of thiazole rings is 1. The number of esters is 1. The third-order valence-corrected chi connectivity index (χ3v) is 6.22. The fourth-order valence-corrected chi connectivity index (χ4v) is 4.61. The van der Waals surface area contributed by atoms with E-state index in [2.05, 4.69) is 16.5 Å². The highest BCUT2D eigenvalue weighted by Gasteiger charge is 2.18. The van der Waals surface area contributed by atoms with Crippen LogP contribution in [0.5, 0.6) is 0 Å². The second-order valence-electron chi connectivity index (χ2n) is 6.32. The van der Waals surface area contributed by atoms with Crippen LogP contribution < -0.4 is 0 Å². The largest absolute Gasteiger partial charge is 0.457 e. The highest BCUT2D eigenvalue weighted by atomic mass is 32.1. The smallest absolute Gasteiger partial charge is 0.312 e. The molecular weight excluding hydrogens is 380 g/mol. The first-order valence-corrected chi connectivity index (χ1v) is 10.6. The zero-order chi connectivity index (χ0) is 19.4. The van der Waals surface area contributed by atoms with Crippen molar-refractivity contribution in [2.45, 2.75) is 40.2 Å². The second kappa shape index (κ2) is 8.63. The SMILES string of the molecule is CCCn1c(C)cc(C(=O)COC(=O)Cc2csc(-c3cccs3)n2)c1C. The Labute approximate surface area is 166 Å². The van der Waals surface area contributed by atoms with E-state index in [1.165, 1.54) is 11.3 Å². The van der Waals surface area contributed by atoms with E-state index < -0.39 is 5.97 Å². The highest BCUT2D eigenvalue weighted by Crippen LogP contribution is 2.28. The summed E-state index contributed by atoms with van der Waals surface area (Å²) in [6, 6.07) is 5.84. The third kappa shape index (κ3) is 4.54. The van der Waals surface area contributed by atoms with Crippen LogP contribution in [-0.4, -0.2) is 27.9 Å². The van der Waals surface area contributed by atoms with Gasteiger partial charge in [-0.2, -0.15) is 0 Å². The van der Waals surface area contributed by atoms with Gasteiger partial charge in [-0.05, 0) is 37.8 Å². The number of rotatable bonds is 8. The van der Waals surface area contributed by atoms with Gasteiger partial charge in [0.15, 0.2) is 6.61 Å². The van der Waals surface area contributed by atoms with E-state index in [0.717, 1.165) is 34.2 Å². The summed E-state index contributed by atoms with van der Waals surface area (Å²) < 4.78 is 7.32. The lowest BCUT2D eigenvalue weighted by atomic mass is 10.1. The number of aryl methyl sites for hydroxylation is 1. The molecule has 0 radical (unpaired) electrons. The Kier molecular flexibility index (Phi) is 6.23. The van der Waals surface area contributed by atoms with Gasteiger partial charge in [0.05, 0.1) is 17.0 Å². The predicted molar refractivity (Wildman–Crippen MR) is 109 cm³/mol. The molecule has 0 aliphatic rings. The van der Waals surface area contributed by atoms with Crippen LogP contribution in [0.1, 0.15) is 40.8 Å². The lowest BCUT2D eigenvalue weighted by Gasteiger charge is -2.08. The molecule has 0 aliphatic heterocycles. The summed E-state index contributed by atoms with van der Waals surface area (Å²) in [6.45, 7) is 6.65. The van der Waals surface area contributed by atoms with Crippen molar-refractivity contribution in [3.8, 4) is 9.88 Å². The number of hydrogen-bond donors (Lipinski definition) is 0. The van der Waals surface area contributed by atoms with Crippen LogP contribution in [0.25, 0.3) is 9.88 Å². The maximum absolute atomic E-state index is 12.4. The normalized spacial score (nSPS) is 10.9. The zero-order valence-corrected chi connectivity index (χ0v) is 17.3. The molecule has 0 aliphatic carbocycles. The molecule has 0 atom stereocenters. The van der Waals surface area contributed by atoms with Gasteiger partial charge >= 0.3 is 5.97 Å². The average molecular weight is 403 g/mol. The van der Waals surface area contributed by atoms with E-state index in [1.807, 2.05) is 42.8 Å². The van der Waals surface area contributed by atoms with Crippen LogP contribution in [0.2, 0.25) is 0 Å². The Hall–Kier alpha value is -2.25. The summed E-state index contributed by atoms with van der Waals surface area (Å²) in [5.74, 6) is -0.606. The standard InChI is InChI=1S/C20H22N2O3S2/c1-4-7-22-13(2)9-16(14(22)3)17(23)11-25-19(24)10-15-12-27-20(21-15)18-6-5-8-26-18/h5-6,8-9,12H,4,7,10-11H2,1-3H3. The summed E-state index contributed by atoms with van der Waals surface area (Å²) in [5, 5.41) is 4.75. The van der Waals surface area contributed by atoms with Gasteiger partial charge in [0.25, 0.3) is 0 Å². The van der Waals surface area contributed by atoms with Gasteiger partial charge in [-0.1, -0.05) is 13.0 Å². The molecule has 0 fully saturated rings. The summed E-state index contributed by atoms with van der Waals surface area (Å²) >= 11 is 3.12. The van der Waals surface area contributed by atoms with Gasteiger partial charge in [0.2, 0.25) is 5.78 Å². The van der Waals surface area contributed by atoms with Gasteiger partial charge in [-0.3, -0.25) is 9.59 Å². The number of Topliss-reactive ketones (excluding diaryl/α,β-unsaturated/α-hetero) is 1. The number of hydrogen-bond acceptors (Lipinski definition) is 6. The zero-order valence-electron chi connectivity index (χ0n) is 15.7. The quantitative estimate of drug-likeness (QED) is 0.406. The molecule has 3 heterocycles. The molecule has 0 unspecified atom stereocenters. The highest BCUT2D eigenvalue weighted by molar-refractivity contribution is 7.20. The number of carbonyl (C=O) groups excluding carboxylic acids is 2. The molecule has 0 saturated heterocycles. The van der Waals surface area contributed by atoms with E-state index in [0.29, 0.717) is 11.3 Å². The van der Waals surface area contributed by atoms with Crippen LogP contribution in [0, 0.1) is 13.8 Å². The maximum atomic E-state index is 12.4. The van der Waals surface area contributed by atoms with E-state index in [4.69, 9.17) is 4.74 Å². The molecular formula is C20H22N2O3S2. The lowest BCUT2D eigenvalue weighted by Crippen LogP contribution is -2.16. The van der Waals surface area contributed by atoms with Crippen molar-refractivity contribution in [1.29, 1.82) is 0 Å². The number of ether oxygens (including phenoxy) is 1. The minimum absolute atomic E-state index is 0.0734. The molecule has 0 amide bonds. The first-order chi connectivity index (χ1) is 13.0. The lowest BCUT2D eigenvalue weighted by molar-refractivity contribution is -0.141. The molecule has 3 aromatic rings. The van der Waals surface area contributed by atoms with Crippen molar-refractivity contribution < 1.29 is 14.3 Å². The van der Waals surface area contributed by atoms with E-state index in [1.54, 1.807) is 11.3 Å². The van der Waals surface area contributed by atoms with Crippen molar-refractivity contribution in [2.24, 2.45) is 0 Å². The Morgan fingerprint density at radius 1 is 1.26 bits per heavy atom. The topological polar surface area (TPSA) is 61.2 Å². The fourth-order valence-electron chi connectivity index (χ4n) is 2.98. The average Bonchev–Trinajstić information content (AvgIpc) is 3.37. The van der Waals surface area contributed by atoms with Crippen molar-refractivity contribution in [2.75, 3.05) is 6.61 Å². The maximum Gasteiger partial charge on any atom is 0.312 e. The number of carbonyl (C=O) groups is 2. The summed E-state index contributed by atoms with van der Waals surface area (Å²) in [6.07, 6.45) is 1.07. The van der Waals surface area contributed by atoms with Crippen molar-refractivity contribution in [3.63, 3.8) is 0 Å². The molecule has 3 rings (SSSR count). The Balaban J connectivity index is 1.56. The Morgan fingerprint density at radius 2 is 2.07 bits per heavy atom. The van der Waals surface area contributed by atoms with Crippen LogP contribution in [0.15, 0.2) is 29.0 Å². The van der Waals surface area contributed by atoms with Crippen LogP contribution in [-0.2, 0) is 22.5 Å². The van der Waals surface area contributed by atoms with Crippen LogP contribution in [0.3, 0.4) is 0 Å². The molecule has 5 nitrogen and oxygen atoms in total. The molecule has 3 aromatic heterocycles. The van der Waals surface area contributed by atoms with Gasteiger partial charge in [0.1, 0.15) is 5.01 Å². The van der Waals surface area contributed by atoms with Crippen LogP contribution in [0.4, 0.5) is 0 Å². The molecule has 0 N–H and O–H groups in total. The number of nitrogens with zero attached hydrogens (tertiary/aromatic N) is 2. The van der Waals surface area contributed by atoms with Gasteiger partial charge < -0.3 is 9.30 Å². The summed E-state index contributed by atoms with van der Waals surface area (Å²) in [7, 11) is 0. The fraction of sp³-hybridized carbons (Fsp3) is 0.350. The second-order valence-corrected chi connectivity index (χ2v) is 8.12. The third-order valence-electron chi connectivity index (χ3n) is 4.29. The van der Waals surface area contributed by atoms with Crippen molar-refractivity contribution >= 4 is 34.4 Å². The van der Waals surface area contributed by atoms with E-state index in [-0.39, 0.29) is 18.8 Å². The first-order valence-electron chi connectivity index (χ1n) is 8.83. The molecule has 27 heavy (non-hydrogen) atoms.